The van der Waals surface area contributed by atoms with Crippen LogP contribution in [-0.2, 0) is 9.59 Å². The minimum Gasteiger partial charge on any atom is -0.339 e. The molecular weight excluding hydrogens is 494 g/mol. The van der Waals surface area contributed by atoms with E-state index in [1.54, 1.807) is 24.3 Å². The molecule has 0 radical (unpaired) electrons. The summed E-state index contributed by atoms with van der Waals surface area (Å²) in [5.74, 6) is 10.1. The average Bonchev–Trinajstić information content (AvgIpc) is 3.22. The molecule has 2 aromatic carbocycles. The highest BCUT2D eigenvalue weighted by atomic mass is 16.5. The number of hydrogen-bond acceptors (Lipinski definition) is 6. The number of hydroxylamine groups is 1. The fourth-order valence-corrected chi connectivity index (χ4v) is 4.03. The van der Waals surface area contributed by atoms with Gasteiger partial charge in [-0.25, -0.2) is 5.48 Å². The Morgan fingerprint density at radius 1 is 0.897 bits per heavy atom. The van der Waals surface area contributed by atoms with Crippen molar-refractivity contribution in [2.24, 2.45) is 5.73 Å². The topological polar surface area (TPSA) is 146 Å². The van der Waals surface area contributed by atoms with Crippen molar-refractivity contribution in [1.29, 1.82) is 0 Å². The van der Waals surface area contributed by atoms with Crippen LogP contribution in [0.15, 0.2) is 48.5 Å². The molecule has 39 heavy (non-hydrogen) atoms. The Hall–Kier alpha value is -4.15. The van der Waals surface area contributed by atoms with E-state index in [-0.39, 0.29) is 19.9 Å². The molecule has 1 aliphatic carbocycles. The lowest BCUT2D eigenvalue weighted by molar-refractivity contribution is -0.130. The van der Waals surface area contributed by atoms with Crippen molar-refractivity contribution in [3.63, 3.8) is 0 Å². The lowest BCUT2D eigenvalue weighted by Gasteiger charge is -2.15. The molecule has 0 aliphatic heterocycles. The Kier molecular flexibility index (Phi) is 13.3. The maximum Gasteiger partial charge on any atom is 0.267 e. The zero-order valence-corrected chi connectivity index (χ0v) is 21.2. The Morgan fingerprint density at radius 2 is 1.46 bits per heavy atom. The van der Waals surface area contributed by atoms with Crippen LogP contribution in [0.25, 0.3) is 0 Å². The number of anilines is 1. The lowest BCUT2D eigenvalue weighted by Crippen LogP contribution is -2.50. The van der Waals surface area contributed by atoms with E-state index in [9.17, 15) is 14.4 Å². The van der Waals surface area contributed by atoms with Gasteiger partial charge in [0.15, 0.2) is 0 Å². The van der Waals surface area contributed by atoms with Crippen molar-refractivity contribution < 1.29 is 19.6 Å². The van der Waals surface area contributed by atoms with Gasteiger partial charge in [-0.05, 0) is 73.2 Å². The van der Waals surface area contributed by atoms with Crippen molar-refractivity contribution in [2.45, 2.75) is 58.0 Å². The summed E-state index contributed by atoms with van der Waals surface area (Å²) >= 11 is 0. The van der Waals surface area contributed by atoms with Gasteiger partial charge in [-0.2, -0.15) is 0 Å². The van der Waals surface area contributed by atoms with Crippen LogP contribution in [-0.4, -0.2) is 48.1 Å². The molecule has 0 spiro atoms. The zero-order valence-electron chi connectivity index (χ0n) is 21.2. The first-order chi connectivity index (χ1) is 18.5. The minimum absolute atomic E-state index is 0. The lowest BCUT2D eigenvalue weighted by atomic mass is 10.1. The third kappa shape index (κ3) is 10.6. The smallest absolute Gasteiger partial charge is 0.267 e. The third-order valence-electron chi connectivity index (χ3n) is 6.17. The molecule has 0 saturated heterocycles. The Labute approximate surface area is 230 Å². The molecule has 0 heterocycles. The van der Waals surface area contributed by atoms with Crippen molar-refractivity contribution >= 4 is 23.4 Å². The second-order valence-corrected chi connectivity index (χ2v) is 9.01. The predicted octanol–water partition coefficient (Wildman–Crippen LogP) is 2.54. The van der Waals surface area contributed by atoms with Gasteiger partial charge in [0.1, 0.15) is 6.04 Å². The summed E-state index contributed by atoms with van der Waals surface area (Å²) in [6, 6.07) is 13.1. The maximum atomic E-state index is 12.3. The van der Waals surface area contributed by atoms with Gasteiger partial charge < -0.3 is 21.7 Å². The van der Waals surface area contributed by atoms with Gasteiger partial charge in [-0.15, -0.1) is 0 Å². The van der Waals surface area contributed by atoms with Crippen LogP contribution in [0.5, 0.6) is 0 Å². The van der Waals surface area contributed by atoms with E-state index in [1.165, 1.54) is 31.2 Å². The standard InChI is InChI=1S/C29H33N5O4.CH4/c30-19-26(29(37)34-38)33-28(36)23-15-11-21(12-16-23)7-5-6-8-22-13-17-25(18-14-22)32-27(35)20-31-24-9-3-1-2-4-10-24;/h11-18,24,26,31,38H,1-4,9-10,19-20,30H2,(H,32,35)(H,33,36)(H,34,37);1H4/t26-;/m0./s1. The summed E-state index contributed by atoms with van der Waals surface area (Å²) in [6.07, 6.45) is 7.28. The van der Waals surface area contributed by atoms with Crippen LogP contribution in [0.2, 0.25) is 0 Å². The molecule has 1 aliphatic rings. The Bertz CT molecular complexity index is 1210. The third-order valence-corrected chi connectivity index (χ3v) is 6.17. The number of carbonyl (C=O) groups is 3. The zero-order chi connectivity index (χ0) is 27.2. The number of hydrogen-bond donors (Lipinski definition) is 6. The molecule has 0 aromatic heterocycles. The number of rotatable bonds is 8. The van der Waals surface area contributed by atoms with Crippen molar-refractivity contribution in [3.8, 4) is 23.7 Å². The van der Waals surface area contributed by atoms with E-state index >= 15 is 0 Å². The van der Waals surface area contributed by atoms with Gasteiger partial charge in [-0.1, -0.05) is 45.0 Å². The van der Waals surface area contributed by atoms with Gasteiger partial charge >= 0.3 is 0 Å². The number of benzene rings is 2. The molecule has 1 saturated carbocycles. The molecule has 2 aromatic rings. The number of carbonyl (C=O) groups excluding carboxylic acids is 3. The first-order valence-corrected chi connectivity index (χ1v) is 12.7. The molecule has 9 nitrogen and oxygen atoms in total. The summed E-state index contributed by atoms with van der Waals surface area (Å²) in [5.41, 5.74) is 9.36. The SMILES string of the molecule is C.NC[C@H](NC(=O)c1ccc(C#CC#Cc2ccc(NC(=O)CNC3CCCCCC3)cc2)cc1)C(=O)NO. The Morgan fingerprint density at radius 3 is 2.00 bits per heavy atom. The number of nitrogens with one attached hydrogen (secondary N) is 4. The normalized spacial score (nSPS) is 13.6. The first-order valence-electron chi connectivity index (χ1n) is 12.7. The number of nitrogens with two attached hydrogens (primary N) is 1. The maximum absolute atomic E-state index is 12.3. The van der Waals surface area contributed by atoms with Crippen LogP contribution >= 0.6 is 0 Å². The van der Waals surface area contributed by atoms with E-state index < -0.39 is 17.9 Å². The summed E-state index contributed by atoms with van der Waals surface area (Å²) in [4.78, 5) is 35.9. The summed E-state index contributed by atoms with van der Waals surface area (Å²) in [5, 5.41) is 17.4. The van der Waals surface area contributed by atoms with Crippen LogP contribution in [0.1, 0.15) is 67.4 Å². The molecule has 3 amide bonds. The highest BCUT2D eigenvalue weighted by Crippen LogP contribution is 2.17. The molecule has 1 fully saturated rings. The highest BCUT2D eigenvalue weighted by molar-refractivity contribution is 5.97. The van der Waals surface area contributed by atoms with E-state index in [0.29, 0.717) is 29.4 Å². The van der Waals surface area contributed by atoms with E-state index in [1.807, 2.05) is 24.3 Å². The molecule has 9 heteroatoms. The average molecular weight is 532 g/mol. The molecule has 206 valence electrons. The second kappa shape index (κ2) is 16.6. The van der Waals surface area contributed by atoms with Gasteiger partial charge in [0, 0.05) is 35.0 Å². The molecule has 3 rings (SSSR count). The van der Waals surface area contributed by atoms with Gasteiger partial charge in [0.2, 0.25) is 5.91 Å². The predicted molar refractivity (Wildman–Crippen MR) is 152 cm³/mol. The first kappa shape index (κ1) is 31.1. The summed E-state index contributed by atoms with van der Waals surface area (Å²) in [6.45, 7) is 0.151. The summed E-state index contributed by atoms with van der Waals surface area (Å²) in [7, 11) is 0. The molecule has 1 atom stereocenters. The van der Waals surface area contributed by atoms with Crippen LogP contribution in [0, 0.1) is 23.7 Å². The van der Waals surface area contributed by atoms with Gasteiger partial charge in [0.25, 0.3) is 11.8 Å². The molecule has 0 unspecified atom stereocenters. The molecular formula is C30H37N5O4. The highest BCUT2D eigenvalue weighted by Gasteiger charge is 2.19. The van der Waals surface area contributed by atoms with Crippen LogP contribution < -0.4 is 27.2 Å². The van der Waals surface area contributed by atoms with E-state index in [0.717, 1.165) is 18.4 Å². The van der Waals surface area contributed by atoms with E-state index in [4.69, 9.17) is 10.9 Å². The van der Waals surface area contributed by atoms with Gasteiger partial charge in [-0.3, -0.25) is 19.6 Å². The van der Waals surface area contributed by atoms with Crippen molar-refractivity contribution in [3.05, 3.63) is 65.2 Å². The van der Waals surface area contributed by atoms with Crippen molar-refractivity contribution in [2.75, 3.05) is 18.4 Å². The molecule has 0 bridgehead atoms. The van der Waals surface area contributed by atoms with Gasteiger partial charge in [0.05, 0.1) is 6.54 Å². The number of amides is 3. The Balaban J connectivity index is 0.00000533. The van der Waals surface area contributed by atoms with E-state index in [2.05, 4.69) is 39.6 Å². The minimum atomic E-state index is -1.04. The largest absolute Gasteiger partial charge is 0.339 e. The van der Waals surface area contributed by atoms with Crippen LogP contribution in [0.3, 0.4) is 0 Å². The van der Waals surface area contributed by atoms with Crippen LogP contribution in [0.4, 0.5) is 5.69 Å². The summed E-state index contributed by atoms with van der Waals surface area (Å²) < 4.78 is 0. The second-order valence-electron chi connectivity index (χ2n) is 9.01. The fraction of sp³-hybridized carbons (Fsp3) is 0.367. The quantitative estimate of drug-likeness (QED) is 0.134. The van der Waals surface area contributed by atoms with Crippen molar-refractivity contribution in [1.82, 2.24) is 16.1 Å². The monoisotopic (exact) mass is 531 g/mol. The molecule has 7 N–H and O–H groups in total. The fourth-order valence-electron chi connectivity index (χ4n) is 4.03.